The number of rotatable bonds is 3. The van der Waals surface area contributed by atoms with Gasteiger partial charge in [-0.15, -0.1) is 0 Å². The van der Waals surface area contributed by atoms with Crippen molar-refractivity contribution in [2.45, 2.75) is 39.2 Å². The Morgan fingerprint density at radius 3 is 2.62 bits per heavy atom. The van der Waals surface area contributed by atoms with Crippen LogP contribution in [0.15, 0.2) is 18.3 Å². The zero-order chi connectivity index (χ0) is 17.7. The minimum Gasteiger partial charge on any atom is -0.444 e. The first-order chi connectivity index (χ1) is 11.3. The van der Waals surface area contributed by atoms with Gasteiger partial charge in [-0.05, 0) is 51.7 Å². The quantitative estimate of drug-likeness (QED) is 0.847. The number of aromatic nitrogens is 1. The summed E-state index contributed by atoms with van der Waals surface area (Å²) in [7, 11) is 0. The van der Waals surface area contributed by atoms with Crippen LogP contribution >= 0.6 is 11.6 Å². The van der Waals surface area contributed by atoms with Gasteiger partial charge in [0.25, 0.3) is 5.91 Å². The molecule has 1 aromatic rings. The number of hydrogen-bond donors (Lipinski definition) is 1. The third-order valence-electron chi connectivity index (χ3n) is 3.83. The highest BCUT2D eigenvalue weighted by Gasteiger charge is 2.25. The number of piperidine rings is 1. The van der Waals surface area contributed by atoms with E-state index in [9.17, 15) is 9.59 Å². The Labute approximate surface area is 147 Å². The molecule has 0 radical (unpaired) electrons. The standard InChI is InChI=1S/C17H24ClN3O3/c1-17(2,3)24-16(23)20-11-12-6-9-21(10-7-12)15(22)13-5-4-8-19-14(13)18/h4-5,8,12H,6-7,9-11H2,1-3H3,(H,20,23). The molecule has 24 heavy (non-hydrogen) atoms. The second-order valence-electron chi connectivity index (χ2n) is 6.96. The van der Waals surface area contributed by atoms with Crippen LogP contribution in [0.1, 0.15) is 44.0 Å². The average molecular weight is 354 g/mol. The third-order valence-corrected chi connectivity index (χ3v) is 4.13. The summed E-state index contributed by atoms with van der Waals surface area (Å²) < 4.78 is 5.22. The van der Waals surface area contributed by atoms with Gasteiger partial charge >= 0.3 is 6.09 Å². The summed E-state index contributed by atoms with van der Waals surface area (Å²) >= 11 is 5.98. The molecular weight excluding hydrogens is 330 g/mol. The summed E-state index contributed by atoms with van der Waals surface area (Å²) in [5.74, 6) is 0.248. The summed E-state index contributed by atoms with van der Waals surface area (Å²) in [5, 5.41) is 3.03. The number of nitrogens with one attached hydrogen (secondary N) is 1. The van der Waals surface area contributed by atoms with Crippen LogP contribution in [0.2, 0.25) is 5.15 Å². The van der Waals surface area contributed by atoms with Crippen molar-refractivity contribution in [1.29, 1.82) is 0 Å². The molecule has 7 heteroatoms. The fourth-order valence-electron chi connectivity index (χ4n) is 2.60. The van der Waals surface area contributed by atoms with Crippen LogP contribution in [-0.4, -0.2) is 47.1 Å². The van der Waals surface area contributed by atoms with Crippen LogP contribution in [-0.2, 0) is 4.74 Å². The minimum absolute atomic E-state index is 0.0911. The molecule has 2 heterocycles. The van der Waals surface area contributed by atoms with Crippen LogP contribution in [0.25, 0.3) is 0 Å². The van der Waals surface area contributed by atoms with Crippen LogP contribution in [0.4, 0.5) is 4.79 Å². The minimum atomic E-state index is -0.497. The lowest BCUT2D eigenvalue weighted by atomic mass is 9.96. The highest BCUT2D eigenvalue weighted by Crippen LogP contribution is 2.21. The molecule has 0 spiro atoms. The zero-order valence-corrected chi connectivity index (χ0v) is 15.1. The van der Waals surface area contributed by atoms with Crippen LogP contribution < -0.4 is 5.32 Å². The van der Waals surface area contributed by atoms with E-state index in [2.05, 4.69) is 10.3 Å². The number of ether oxygens (including phenoxy) is 1. The molecule has 1 N–H and O–H groups in total. The maximum atomic E-state index is 12.5. The molecule has 6 nitrogen and oxygen atoms in total. The van der Waals surface area contributed by atoms with Gasteiger partial charge < -0.3 is 15.0 Å². The van der Waals surface area contributed by atoms with Crippen molar-refractivity contribution >= 4 is 23.6 Å². The van der Waals surface area contributed by atoms with Crippen LogP contribution in [0, 0.1) is 5.92 Å². The van der Waals surface area contributed by atoms with Gasteiger partial charge in [-0.25, -0.2) is 9.78 Å². The third kappa shape index (κ3) is 5.37. The molecule has 0 unspecified atom stereocenters. The average Bonchev–Trinajstić information content (AvgIpc) is 2.52. The van der Waals surface area contributed by atoms with Crippen molar-refractivity contribution < 1.29 is 14.3 Å². The second kappa shape index (κ2) is 7.83. The largest absolute Gasteiger partial charge is 0.444 e. The summed E-state index contributed by atoms with van der Waals surface area (Å²) in [4.78, 5) is 29.9. The van der Waals surface area contributed by atoms with Gasteiger partial charge in [-0.3, -0.25) is 4.79 Å². The number of pyridine rings is 1. The fourth-order valence-corrected chi connectivity index (χ4v) is 2.80. The molecule has 1 aliphatic rings. The van der Waals surface area contributed by atoms with Crippen molar-refractivity contribution in [3.05, 3.63) is 29.0 Å². The fraction of sp³-hybridized carbons (Fsp3) is 0.588. The van der Waals surface area contributed by atoms with Crippen molar-refractivity contribution in [2.24, 2.45) is 5.92 Å². The monoisotopic (exact) mass is 353 g/mol. The van der Waals surface area contributed by atoms with Gasteiger partial charge in [-0.2, -0.15) is 0 Å². The lowest BCUT2D eigenvalue weighted by Gasteiger charge is -2.32. The van der Waals surface area contributed by atoms with E-state index in [4.69, 9.17) is 16.3 Å². The Kier molecular flexibility index (Phi) is 6.04. The number of likely N-dealkylation sites (tertiary alicyclic amines) is 1. The molecule has 0 aliphatic carbocycles. The van der Waals surface area contributed by atoms with Gasteiger partial charge in [0.15, 0.2) is 0 Å². The molecule has 1 saturated heterocycles. The lowest BCUT2D eigenvalue weighted by molar-refractivity contribution is 0.0500. The predicted molar refractivity (Wildman–Crippen MR) is 92.1 cm³/mol. The number of amides is 2. The van der Waals surface area contributed by atoms with Gasteiger partial charge in [0.2, 0.25) is 0 Å². The normalized spacial score (nSPS) is 15.9. The SMILES string of the molecule is CC(C)(C)OC(=O)NCC1CCN(C(=O)c2cccnc2Cl)CC1. The van der Waals surface area contributed by atoms with E-state index in [1.807, 2.05) is 20.8 Å². The van der Waals surface area contributed by atoms with Crippen molar-refractivity contribution in [1.82, 2.24) is 15.2 Å². The molecule has 0 aromatic carbocycles. The van der Waals surface area contributed by atoms with Gasteiger partial charge in [0, 0.05) is 25.8 Å². The van der Waals surface area contributed by atoms with Crippen molar-refractivity contribution in [3.8, 4) is 0 Å². The Morgan fingerprint density at radius 2 is 2.04 bits per heavy atom. The topological polar surface area (TPSA) is 71.5 Å². The van der Waals surface area contributed by atoms with Gasteiger partial charge in [-0.1, -0.05) is 11.6 Å². The lowest BCUT2D eigenvalue weighted by Crippen LogP contribution is -2.42. The highest BCUT2D eigenvalue weighted by molar-refractivity contribution is 6.32. The Balaban J connectivity index is 1.78. The zero-order valence-electron chi connectivity index (χ0n) is 14.3. The Morgan fingerprint density at radius 1 is 1.38 bits per heavy atom. The molecule has 0 bridgehead atoms. The molecule has 1 fully saturated rings. The molecule has 1 aliphatic heterocycles. The maximum Gasteiger partial charge on any atom is 0.407 e. The van der Waals surface area contributed by atoms with E-state index < -0.39 is 11.7 Å². The van der Waals surface area contributed by atoms with Crippen LogP contribution in [0.5, 0.6) is 0 Å². The van der Waals surface area contributed by atoms with E-state index in [-0.39, 0.29) is 11.1 Å². The number of halogens is 1. The summed E-state index contributed by atoms with van der Waals surface area (Å²) in [6.45, 7) is 7.35. The Bertz CT molecular complexity index is 593. The first kappa shape index (κ1) is 18.5. The van der Waals surface area contributed by atoms with Gasteiger partial charge in [0.1, 0.15) is 10.8 Å². The first-order valence-corrected chi connectivity index (χ1v) is 8.50. The van der Waals surface area contributed by atoms with Crippen LogP contribution in [0.3, 0.4) is 0 Å². The predicted octanol–water partition coefficient (Wildman–Crippen LogP) is 3.11. The molecule has 132 valence electrons. The summed E-state index contributed by atoms with van der Waals surface area (Å²) in [6.07, 6.45) is 2.83. The summed E-state index contributed by atoms with van der Waals surface area (Å²) in [5.41, 5.74) is -0.0624. The Hall–Kier alpha value is -1.82. The highest BCUT2D eigenvalue weighted by atomic mass is 35.5. The van der Waals surface area contributed by atoms with E-state index in [1.54, 1.807) is 23.2 Å². The molecule has 2 rings (SSSR count). The molecule has 1 aromatic heterocycles. The van der Waals surface area contributed by atoms with E-state index in [0.717, 1.165) is 12.8 Å². The molecular formula is C17H24ClN3O3. The van der Waals surface area contributed by atoms with Crippen molar-refractivity contribution in [2.75, 3.05) is 19.6 Å². The van der Waals surface area contributed by atoms with Gasteiger partial charge in [0.05, 0.1) is 5.56 Å². The summed E-state index contributed by atoms with van der Waals surface area (Å²) in [6, 6.07) is 3.39. The number of carbonyl (C=O) groups is 2. The van der Waals surface area contributed by atoms with E-state index >= 15 is 0 Å². The number of carbonyl (C=O) groups excluding carboxylic acids is 2. The number of hydrogen-bond acceptors (Lipinski definition) is 4. The van der Waals surface area contributed by atoms with Crippen molar-refractivity contribution in [3.63, 3.8) is 0 Å². The first-order valence-electron chi connectivity index (χ1n) is 8.13. The van der Waals surface area contributed by atoms with E-state index in [0.29, 0.717) is 31.1 Å². The van der Waals surface area contributed by atoms with E-state index in [1.165, 1.54) is 0 Å². The molecule has 2 amide bonds. The number of alkyl carbamates (subject to hydrolysis) is 1. The number of nitrogens with zero attached hydrogens (tertiary/aromatic N) is 2. The second-order valence-corrected chi connectivity index (χ2v) is 7.32. The maximum absolute atomic E-state index is 12.5. The smallest absolute Gasteiger partial charge is 0.407 e. The molecule has 0 saturated carbocycles. The molecule has 0 atom stereocenters.